The molecule has 2 aromatic rings. The first-order chi connectivity index (χ1) is 12.5. The molecule has 5 nitrogen and oxygen atoms in total. The maximum absolute atomic E-state index is 14.6. The molecule has 0 unspecified atom stereocenters. The second kappa shape index (κ2) is 8.14. The molecule has 0 radical (unpaired) electrons. The Kier molecular flexibility index (Phi) is 5.88. The van der Waals surface area contributed by atoms with Crippen LogP contribution in [0.2, 0.25) is 0 Å². The molecule has 0 bridgehead atoms. The Morgan fingerprint density at radius 1 is 1.38 bits per heavy atom. The van der Waals surface area contributed by atoms with Gasteiger partial charge in [0.15, 0.2) is 0 Å². The number of thiazole rings is 1. The molecule has 1 fully saturated rings. The first-order valence-corrected chi connectivity index (χ1v) is 9.69. The summed E-state index contributed by atoms with van der Waals surface area (Å²) in [7, 11) is 0. The Hall–Kier alpha value is -1.99. The first kappa shape index (κ1) is 18.8. The Labute approximate surface area is 157 Å². The standard InChI is InChI=1S/C19H24FN3O2S/c1-4-18-21-9-17(26-18)19(24)22-8-14-5-6-16(15(20)7-14)23-10-12(2)25-13(3)11-23/h5-7,9,12-13H,4,8,10-11H2,1-3H3,(H,22,24)/t12-,13-/m0/s1. The van der Waals surface area contributed by atoms with Gasteiger partial charge in [-0.05, 0) is 38.0 Å². The van der Waals surface area contributed by atoms with Crippen molar-refractivity contribution in [3.63, 3.8) is 0 Å². The van der Waals surface area contributed by atoms with Gasteiger partial charge >= 0.3 is 0 Å². The zero-order valence-electron chi connectivity index (χ0n) is 15.3. The zero-order valence-corrected chi connectivity index (χ0v) is 16.1. The third-order valence-corrected chi connectivity index (χ3v) is 5.45. The molecule has 1 aromatic heterocycles. The number of carbonyl (C=O) groups is 1. The van der Waals surface area contributed by atoms with Crippen molar-refractivity contribution >= 4 is 22.9 Å². The molecule has 2 atom stereocenters. The van der Waals surface area contributed by atoms with Crippen LogP contribution in [-0.2, 0) is 17.7 Å². The monoisotopic (exact) mass is 377 g/mol. The molecule has 1 saturated heterocycles. The molecule has 1 amide bonds. The molecule has 0 saturated carbocycles. The third-order valence-electron chi connectivity index (χ3n) is 4.31. The molecule has 140 valence electrons. The Morgan fingerprint density at radius 2 is 2.12 bits per heavy atom. The van der Waals surface area contributed by atoms with Gasteiger partial charge in [0.05, 0.1) is 29.1 Å². The van der Waals surface area contributed by atoms with Crippen molar-refractivity contribution in [1.82, 2.24) is 10.3 Å². The highest BCUT2D eigenvalue weighted by atomic mass is 32.1. The Morgan fingerprint density at radius 3 is 2.73 bits per heavy atom. The van der Waals surface area contributed by atoms with E-state index < -0.39 is 0 Å². The van der Waals surface area contributed by atoms with E-state index in [4.69, 9.17) is 4.74 Å². The average Bonchev–Trinajstić information content (AvgIpc) is 3.08. The predicted molar refractivity (Wildman–Crippen MR) is 101 cm³/mol. The lowest BCUT2D eigenvalue weighted by Gasteiger charge is -2.37. The van der Waals surface area contributed by atoms with E-state index in [1.807, 2.05) is 31.7 Å². The minimum Gasteiger partial charge on any atom is -0.372 e. The summed E-state index contributed by atoms with van der Waals surface area (Å²) >= 11 is 1.39. The maximum Gasteiger partial charge on any atom is 0.263 e. The van der Waals surface area contributed by atoms with E-state index in [2.05, 4.69) is 10.3 Å². The highest BCUT2D eigenvalue weighted by Gasteiger charge is 2.24. The number of rotatable bonds is 5. The Balaban J connectivity index is 1.63. The molecule has 0 aliphatic carbocycles. The molecule has 1 N–H and O–H groups in total. The highest BCUT2D eigenvalue weighted by molar-refractivity contribution is 7.13. The van der Waals surface area contributed by atoms with Crippen molar-refractivity contribution in [3.8, 4) is 0 Å². The van der Waals surface area contributed by atoms with Crippen LogP contribution in [0.5, 0.6) is 0 Å². The predicted octanol–water partition coefficient (Wildman–Crippen LogP) is 3.39. The van der Waals surface area contributed by atoms with Crippen LogP contribution in [0.15, 0.2) is 24.4 Å². The molecule has 3 rings (SSSR count). The minimum atomic E-state index is -0.274. The van der Waals surface area contributed by atoms with Crippen LogP contribution in [-0.4, -0.2) is 36.2 Å². The van der Waals surface area contributed by atoms with Gasteiger partial charge in [0.2, 0.25) is 0 Å². The second-order valence-electron chi connectivity index (χ2n) is 6.60. The van der Waals surface area contributed by atoms with Gasteiger partial charge < -0.3 is 15.0 Å². The van der Waals surface area contributed by atoms with Crippen molar-refractivity contribution in [2.24, 2.45) is 0 Å². The minimum absolute atomic E-state index is 0.0736. The van der Waals surface area contributed by atoms with Gasteiger partial charge in [-0.25, -0.2) is 9.37 Å². The van der Waals surface area contributed by atoms with Crippen LogP contribution in [0.4, 0.5) is 10.1 Å². The number of morpholine rings is 1. The smallest absolute Gasteiger partial charge is 0.263 e. The van der Waals surface area contributed by atoms with Crippen LogP contribution in [0, 0.1) is 5.82 Å². The molecule has 1 aliphatic heterocycles. The number of nitrogens with one attached hydrogen (secondary N) is 1. The van der Waals surface area contributed by atoms with Crippen molar-refractivity contribution < 1.29 is 13.9 Å². The number of hydrogen-bond donors (Lipinski definition) is 1. The van der Waals surface area contributed by atoms with E-state index >= 15 is 0 Å². The van der Waals surface area contributed by atoms with Crippen molar-refractivity contribution in [2.75, 3.05) is 18.0 Å². The molecular weight excluding hydrogens is 353 g/mol. The summed E-state index contributed by atoms with van der Waals surface area (Å²) in [6, 6.07) is 5.13. The average molecular weight is 377 g/mol. The Bertz CT molecular complexity index is 770. The quantitative estimate of drug-likeness (QED) is 0.868. The number of ether oxygens (including phenoxy) is 1. The fourth-order valence-electron chi connectivity index (χ4n) is 3.14. The molecule has 0 spiro atoms. The molecule has 2 heterocycles. The molecule has 1 aliphatic rings. The van der Waals surface area contributed by atoms with Crippen LogP contribution < -0.4 is 10.2 Å². The number of hydrogen-bond acceptors (Lipinski definition) is 5. The number of nitrogens with zero attached hydrogens (tertiary/aromatic N) is 2. The molecule has 7 heteroatoms. The van der Waals surface area contributed by atoms with Gasteiger partial charge in [-0.1, -0.05) is 13.0 Å². The summed E-state index contributed by atoms with van der Waals surface area (Å²) in [6.45, 7) is 7.61. The van der Waals surface area contributed by atoms with Crippen LogP contribution >= 0.6 is 11.3 Å². The van der Waals surface area contributed by atoms with E-state index in [9.17, 15) is 9.18 Å². The number of benzene rings is 1. The SMILES string of the molecule is CCc1ncc(C(=O)NCc2ccc(N3C[C@H](C)O[C@@H](C)C3)c(F)c2)s1. The van der Waals surface area contributed by atoms with Crippen molar-refractivity contribution in [2.45, 2.75) is 45.9 Å². The normalized spacial score (nSPS) is 20.2. The largest absolute Gasteiger partial charge is 0.372 e. The summed E-state index contributed by atoms with van der Waals surface area (Å²) in [6.07, 6.45) is 2.54. The van der Waals surface area contributed by atoms with Gasteiger partial charge in [0, 0.05) is 19.6 Å². The van der Waals surface area contributed by atoms with E-state index in [1.165, 1.54) is 17.4 Å². The number of anilines is 1. The van der Waals surface area contributed by atoms with E-state index in [1.54, 1.807) is 12.3 Å². The van der Waals surface area contributed by atoms with Gasteiger partial charge in [-0.15, -0.1) is 11.3 Å². The summed E-state index contributed by atoms with van der Waals surface area (Å²) in [4.78, 5) is 18.9. The van der Waals surface area contributed by atoms with Crippen LogP contribution in [0.3, 0.4) is 0 Å². The van der Waals surface area contributed by atoms with Gasteiger partial charge in [-0.3, -0.25) is 4.79 Å². The van der Waals surface area contributed by atoms with Crippen LogP contribution in [0.1, 0.15) is 41.0 Å². The number of halogens is 1. The van der Waals surface area contributed by atoms with Crippen molar-refractivity contribution in [3.05, 3.63) is 45.7 Å². The number of aryl methyl sites for hydroxylation is 1. The van der Waals surface area contributed by atoms with Crippen LogP contribution in [0.25, 0.3) is 0 Å². The summed E-state index contributed by atoms with van der Waals surface area (Å²) < 4.78 is 20.3. The van der Waals surface area contributed by atoms with Gasteiger partial charge in [0.1, 0.15) is 10.7 Å². The number of amides is 1. The lowest BCUT2D eigenvalue weighted by molar-refractivity contribution is -0.00539. The third kappa shape index (κ3) is 4.40. The first-order valence-electron chi connectivity index (χ1n) is 8.88. The maximum atomic E-state index is 14.6. The molecule has 1 aromatic carbocycles. The fraction of sp³-hybridized carbons (Fsp3) is 0.474. The van der Waals surface area contributed by atoms with E-state index in [0.29, 0.717) is 23.7 Å². The molecule has 26 heavy (non-hydrogen) atoms. The number of aromatic nitrogens is 1. The summed E-state index contributed by atoms with van der Waals surface area (Å²) in [5, 5.41) is 3.75. The number of carbonyl (C=O) groups excluding carboxylic acids is 1. The fourth-order valence-corrected chi connectivity index (χ4v) is 3.91. The zero-order chi connectivity index (χ0) is 18.7. The molecular formula is C19H24FN3O2S. The van der Waals surface area contributed by atoms with Gasteiger partial charge in [0.25, 0.3) is 5.91 Å². The lowest BCUT2D eigenvalue weighted by Crippen LogP contribution is -2.45. The summed E-state index contributed by atoms with van der Waals surface area (Å²) in [5.41, 5.74) is 1.31. The van der Waals surface area contributed by atoms with Crippen molar-refractivity contribution in [1.29, 1.82) is 0 Å². The summed E-state index contributed by atoms with van der Waals surface area (Å²) in [5.74, 6) is -0.452. The topological polar surface area (TPSA) is 54.5 Å². The van der Waals surface area contributed by atoms with E-state index in [0.717, 1.165) is 17.0 Å². The second-order valence-corrected chi connectivity index (χ2v) is 7.72. The van der Waals surface area contributed by atoms with Gasteiger partial charge in [-0.2, -0.15) is 0 Å². The van der Waals surface area contributed by atoms with E-state index in [-0.39, 0.29) is 30.5 Å². The lowest BCUT2D eigenvalue weighted by atomic mass is 10.1. The highest BCUT2D eigenvalue weighted by Crippen LogP contribution is 2.24.